The van der Waals surface area contributed by atoms with E-state index in [1.807, 2.05) is 0 Å². The van der Waals surface area contributed by atoms with Crippen LogP contribution in [0.4, 0.5) is 4.39 Å². The minimum Gasteiger partial charge on any atom is -0.387 e. The lowest BCUT2D eigenvalue weighted by Crippen LogP contribution is -2.39. The number of carbonyl (C=O) groups excluding carboxylic acids is 1. The van der Waals surface area contributed by atoms with E-state index in [1.54, 1.807) is 6.07 Å². The van der Waals surface area contributed by atoms with Crippen molar-refractivity contribution in [1.29, 1.82) is 0 Å². The fraction of sp³-hybridized carbons (Fsp3) is 0.500. The van der Waals surface area contributed by atoms with Crippen molar-refractivity contribution in [2.24, 2.45) is 5.92 Å². The fourth-order valence-corrected chi connectivity index (χ4v) is 2.38. The molecule has 1 unspecified atom stereocenters. The zero-order valence-corrected chi connectivity index (χ0v) is 13.0. The van der Waals surface area contributed by atoms with E-state index in [1.165, 1.54) is 12.1 Å². The number of amides is 1. The second-order valence-corrected chi connectivity index (χ2v) is 5.37. The molecular weight excluding hydrogens is 318 g/mol. The van der Waals surface area contributed by atoms with Gasteiger partial charge < -0.3 is 15.7 Å². The Balaban J connectivity index is 0.00000220. The van der Waals surface area contributed by atoms with E-state index in [4.69, 9.17) is 11.6 Å². The van der Waals surface area contributed by atoms with Crippen LogP contribution in [0.25, 0.3) is 0 Å². The maximum Gasteiger partial charge on any atom is 0.223 e. The Morgan fingerprint density at radius 1 is 1.48 bits per heavy atom. The van der Waals surface area contributed by atoms with E-state index in [-0.39, 0.29) is 35.8 Å². The molecule has 2 rings (SSSR count). The first-order valence-electron chi connectivity index (χ1n) is 6.69. The number of nitrogens with one attached hydrogen (secondary N) is 2. The molecule has 1 aromatic carbocycles. The summed E-state index contributed by atoms with van der Waals surface area (Å²) in [5, 5.41) is 15.9. The predicted octanol–water partition coefficient (Wildman–Crippen LogP) is 2.05. The van der Waals surface area contributed by atoms with Crippen molar-refractivity contribution in [3.8, 4) is 0 Å². The number of aliphatic hydroxyl groups excluding tert-OH is 1. The molecule has 1 aliphatic heterocycles. The van der Waals surface area contributed by atoms with Crippen LogP contribution < -0.4 is 10.6 Å². The number of piperidine rings is 1. The van der Waals surface area contributed by atoms with Gasteiger partial charge in [-0.2, -0.15) is 0 Å². The summed E-state index contributed by atoms with van der Waals surface area (Å²) in [6.07, 6.45) is 0.669. The third-order valence-electron chi connectivity index (χ3n) is 3.51. The number of carbonyl (C=O) groups is 1. The molecule has 1 heterocycles. The van der Waals surface area contributed by atoms with E-state index in [0.717, 1.165) is 25.9 Å². The number of hydrogen-bond donors (Lipinski definition) is 3. The van der Waals surface area contributed by atoms with Crippen molar-refractivity contribution >= 4 is 29.9 Å². The smallest absolute Gasteiger partial charge is 0.223 e. The van der Waals surface area contributed by atoms with Crippen LogP contribution >= 0.6 is 24.0 Å². The van der Waals surface area contributed by atoms with Crippen molar-refractivity contribution in [2.45, 2.75) is 18.9 Å². The van der Waals surface area contributed by atoms with E-state index < -0.39 is 11.9 Å². The highest BCUT2D eigenvalue weighted by Gasteiger charge is 2.21. The van der Waals surface area contributed by atoms with Crippen molar-refractivity contribution in [3.05, 3.63) is 34.6 Å². The lowest BCUT2D eigenvalue weighted by Gasteiger charge is -2.22. The Labute approximate surface area is 134 Å². The highest BCUT2D eigenvalue weighted by atomic mass is 35.5. The van der Waals surface area contributed by atoms with Gasteiger partial charge in [0.2, 0.25) is 5.91 Å². The molecule has 1 fully saturated rings. The van der Waals surface area contributed by atoms with Crippen LogP contribution in [0.1, 0.15) is 24.5 Å². The SMILES string of the molecule is Cl.O=C(NCC(O)c1ccc(Cl)c(F)c1)C1CCNCC1. The minimum absolute atomic E-state index is 0. The van der Waals surface area contributed by atoms with Crippen LogP contribution in [-0.4, -0.2) is 30.6 Å². The molecule has 0 radical (unpaired) electrons. The van der Waals surface area contributed by atoms with Gasteiger partial charge in [-0.25, -0.2) is 4.39 Å². The summed E-state index contributed by atoms with van der Waals surface area (Å²) in [6, 6.07) is 4.13. The van der Waals surface area contributed by atoms with E-state index in [9.17, 15) is 14.3 Å². The van der Waals surface area contributed by atoms with Crippen LogP contribution in [0.5, 0.6) is 0 Å². The van der Waals surface area contributed by atoms with Crippen molar-refractivity contribution < 1.29 is 14.3 Å². The quantitative estimate of drug-likeness (QED) is 0.788. The van der Waals surface area contributed by atoms with Crippen LogP contribution in [0, 0.1) is 11.7 Å². The molecule has 4 nitrogen and oxygen atoms in total. The molecular formula is C14H19Cl2FN2O2. The molecule has 1 saturated heterocycles. The van der Waals surface area contributed by atoms with Gasteiger partial charge in [-0.05, 0) is 43.6 Å². The molecule has 0 aliphatic carbocycles. The Bertz CT molecular complexity index is 482. The lowest BCUT2D eigenvalue weighted by atomic mass is 9.97. The van der Waals surface area contributed by atoms with Crippen LogP contribution in [0.15, 0.2) is 18.2 Å². The second-order valence-electron chi connectivity index (χ2n) is 4.96. The molecule has 0 spiro atoms. The van der Waals surface area contributed by atoms with Crippen molar-refractivity contribution in [3.63, 3.8) is 0 Å². The number of aliphatic hydroxyl groups is 1. The zero-order chi connectivity index (χ0) is 14.5. The van der Waals surface area contributed by atoms with Gasteiger partial charge in [0, 0.05) is 12.5 Å². The van der Waals surface area contributed by atoms with Gasteiger partial charge in [-0.15, -0.1) is 12.4 Å². The minimum atomic E-state index is -0.938. The maximum absolute atomic E-state index is 13.3. The molecule has 0 bridgehead atoms. The summed E-state index contributed by atoms with van der Waals surface area (Å²) in [5.41, 5.74) is 0.400. The summed E-state index contributed by atoms with van der Waals surface area (Å²) in [7, 11) is 0. The van der Waals surface area contributed by atoms with E-state index >= 15 is 0 Å². The number of hydrogen-bond acceptors (Lipinski definition) is 3. The van der Waals surface area contributed by atoms with Crippen LogP contribution in [0.3, 0.4) is 0 Å². The van der Waals surface area contributed by atoms with Gasteiger partial charge in [0.15, 0.2) is 0 Å². The van der Waals surface area contributed by atoms with E-state index in [2.05, 4.69) is 10.6 Å². The van der Waals surface area contributed by atoms with Crippen LogP contribution in [0.2, 0.25) is 5.02 Å². The lowest BCUT2D eigenvalue weighted by molar-refractivity contribution is -0.126. The third-order valence-corrected chi connectivity index (χ3v) is 3.81. The first kappa shape index (κ1) is 18.2. The molecule has 21 heavy (non-hydrogen) atoms. The van der Waals surface area contributed by atoms with Crippen molar-refractivity contribution in [2.75, 3.05) is 19.6 Å². The summed E-state index contributed by atoms with van der Waals surface area (Å²) in [4.78, 5) is 11.9. The average molecular weight is 337 g/mol. The van der Waals surface area contributed by atoms with E-state index in [0.29, 0.717) is 5.56 Å². The highest BCUT2D eigenvalue weighted by Crippen LogP contribution is 2.20. The second kappa shape index (κ2) is 8.54. The van der Waals surface area contributed by atoms with Gasteiger partial charge in [-0.1, -0.05) is 17.7 Å². The summed E-state index contributed by atoms with van der Waals surface area (Å²) >= 11 is 5.58. The van der Waals surface area contributed by atoms with Gasteiger partial charge in [0.25, 0.3) is 0 Å². The molecule has 0 aromatic heterocycles. The number of rotatable bonds is 4. The molecule has 1 amide bonds. The Hall–Kier alpha value is -0.880. The first-order valence-corrected chi connectivity index (χ1v) is 7.07. The monoisotopic (exact) mass is 336 g/mol. The van der Waals surface area contributed by atoms with Gasteiger partial charge in [-0.3, -0.25) is 4.79 Å². The Kier molecular flexibility index (Phi) is 7.39. The molecule has 1 atom stereocenters. The zero-order valence-electron chi connectivity index (χ0n) is 11.4. The summed E-state index contributed by atoms with van der Waals surface area (Å²) in [6.45, 7) is 1.75. The summed E-state index contributed by atoms with van der Waals surface area (Å²) < 4.78 is 13.3. The Morgan fingerprint density at radius 3 is 2.76 bits per heavy atom. The average Bonchev–Trinajstić information content (AvgIpc) is 2.48. The molecule has 3 N–H and O–H groups in total. The standard InChI is InChI=1S/C14H18ClFN2O2.ClH/c15-11-2-1-10(7-12(11)16)13(19)8-18-14(20)9-3-5-17-6-4-9;/h1-2,7,9,13,17,19H,3-6,8H2,(H,18,20);1H. The highest BCUT2D eigenvalue weighted by molar-refractivity contribution is 6.30. The largest absolute Gasteiger partial charge is 0.387 e. The predicted molar refractivity (Wildman–Crippen MR) is 82.2 cm³/mol. The van der Waals surface area contributed by atoms with Gasteiger partial charge >= 0.3 is 0 Å². The maximum atomic E-state index is 13.3. The van der Waals surface area contributed by atoms with Gasteiger partial charge in [0.05, 0.1) is 11.1 Å². The fourth-order valence-electron chi connectivity index (χ4n) is 2.26. The van der Waals surface area contributed by atoms with Crippen LogP contribution in [-0.2, 0) is 4.79 Å². The van der Waals surface area contributed by atoms with Crippen molar-refractivity contribution in [1.82, 2.24) is 10.6 Å². The number of benzene rings is 1. The molecule has 118 valence electrons. The molecule has 7 heteroatoms. The number of halogens is 3. The first-order chi connectivity index (χ1) is 9.58. The molecule has 0 saturated carbocycles. The summed E-state index contributed by atoms with van der Waals surface area (Å²) in [5.74, 6) is -0.640. The normalized spacial score (nSPS) is 16.9. The molecule has 1 aromatic rings. The third kappa shape index (κ3) is 5.11. The van der Waals surface area contributed by atoms with Gasteiger partial charge in [0.1, 0.15) is 5.82 Å². The topological polar surface area (TPSA) is 61.4 Å². The molecule has 1 aliphatic rings. The Morgan fingerprint density at radius 2 is 2.14 bits per heavy atom.